The first-order chi connectivity index (χ1) is 9.09. The Bertz CT molecular complexity index is 569. The first kappa shape index (κ1) is 13.1. The topological polar surface area (TPSA) is 72.9 Å². The van der Waals surface area contributed by atoms with Gasteiger partial charge in [-0.05, 0) is 24.5 Å². The third kappa shape index (κ3) is 2.93. The molecule has 0 aliphatic carbocycles. The second kappa shape index (κ2) is 5.56. The number of anilines is 1. The fourth-order valence-electron chi connectivity index (χ4n) is 2.02. The number of amides is 1. The zero-order chi connectivity index (χ0) is 13.8. The molecule has 0 aliphatic rings. The third-order valence-electron chi connectivity index (χ3n) is 3.12. The van der Waals surface area contributed by atoms with Crippen LogP contribution in [-0.2, 0) is 13.5 Å². The molecule has 0 atom stereocenters. The van der Waals surface area contributed by atoms with Crippen LogP contribution in [0, 0.1) is 6.92 Å². The molecule has 3 N–H and O–H groups in total. The lowest BCUT2D eigenvalue weighted by atomic mass is 10.1. The Kier molecular flexibility index (Phi) is 3.85. The minimum Gasteiger partial charge on any atom is -0.396 e. The summed E-state index contributed by atoms with van der Waals surface area (Å²) in [7, 11) is 1.70. The van der Waals surface area contributed by atoms with Gasteiger partial charge < -0.3 is 11.1 Å². The van der Waals surface area contributed by atoms with Crippen molar-refractivity contribution in [1.82, 2.24) is 15.1 Å². The Hall–Kier alpha value is -2.30. The lowest BCUT2D eigenvalue weighted by Gasteiger charge is -2.08. The number of rotatable bonds is 4. The van der Waals surface area contributed by atoms with Crippen LogP contribution in [0.5, 0.6) is 0 Å². The molecule has 1 amide bonds. The van der Waals surface area contributed by atoms with E-state index in [1.165, 1.54) is 22.0 Å². The molecule has 0 unspecified atom stereocenters. The van der Waals surface area contributed by atoms with Crippen molar-refractivity contribution in [2.75, 3.05) is 12.3 Å². The average Bonchev–Trinajstić information content (AvgIpc) is 2.71. The van der Waals surface area contributed by atoms with Crippen molar-refractivity contribution in [3.05, 3.63) is 47.3 Å². The second-order valence-corrected chi connectivity index (χ2v) is 4.50. The van der Waals surface area contributed by atoms with Gasteiger partial charge in [-0.2, -0.15) is 5.10 Å². The molecule has 19 heavy (non-hydrogen) atoms. The van der Waals surface area contributed by atoms with Crippen LogP contribution >= 0.6 is 0 Å². The van der Waals surface area contributed by atoms with Crippen LogP contribution in [0.2, 0.25) is 0 Å². The van der Waals surface area contributed by atoms with Crippen LogP contribution < -0.4 is 11.1 Å². The first-order valence-corrected chi connectivity index (χ1v) is 6.19. The van der Waals surface area contributed by atoms with Crippen molar-refractivity contribution < 1.29 is 4.79 Å². The number of carbonyl (C=O) groups is 1. The van der Waals surface area contributed by atoms with Crippen LogP contribution in [-0.4, -0.2) is 22.2 Å². The van der Waals surface area contributed by atoms with E-state index < -0.39 is 0 Å². The van der Waals surface area contributed by atoms with Crippen molar-refractivity contribution in [3.8, 4) is 0 Å². The minimum absolute atomic E-state index is 0.189. The van der Waals surface area contributed by atoms with E-state index in [0.29, 0.717) is 17.9 Å². The lowest BCUT2D eigenvalue weighted by molar-refractivity contribution is 0.0945. The largest absolute Gasteiger partial charge is 0.396 e. The monoisotopic (exact) mass is 258 g/mol. The summed E-state index contributed by atoms with van der Waals surface area (Å²) in [4.78, 5) is 12.0. The highest BCUT2D eigenvalue weighted by atomic mass is 16.2. The molecule has 0 spiro atoms. The van der Waals surface area contributed by atoms with Crippen LogP contribution in [0.3, 0.4) is 0 Å². The number of hydrogen-bond acceptors (Lipinski definition) is 3. The maximum absolute atomic E-state index is 12.0. The smallest absolute Gasteiger partial charge is 0.271 e. The van der Waals surface area contributed by atoms with Gasteiger partial charge in [-0.15, -0.1) is 0 Å². The van der Waals surface area contributed by atoms with Gasteiger partial charge in [0.2, 0.25) is 0 Å². The number of nitrogens with zero attached hydrogens (tertiary/aromatic N) is 2. The fourth-order valence-corrected chi connectivity index (χ4v) is 2.02. The number of nitrogen functional groups attached to an aromatic ring is 1. The predicted octanol–water partition coefficient (Wildman–Crippen LogP) is 1.28. The average molecular weight is 258 g/mol. The molecule has 2 aromatic rings. The zero-order valence-corrected chi connectivity index (χ0v) is 11.2. The molecule has 0 saturated carbocycles. The van der Waals surface area contributed by atoms with Crippen molar-refractivity contribution in [1.29, 1.82) is 0 Å². The van der Waals surface area contributed by atoms with E-state index in [1.54, 1.807) is 7.05 Å². The maximum Gasteiger partial charge on any atom is 0.271 e. The van der Waals surface area contributed by atoms with E-state index >= 15 is 0 Å². The summed E-state index contributed by atoms with van der Waals surface area (Å²) in [5.41, 5.74) is 8.98. The summed E-state index contributed by atoms with van der Waals surface area (Å²) in [6.45, 7) is 2.64. The number of nitrogens with one attached hydrogen (secondary N) is 1. The standard InChI is InChI=1S/C14H18N4O/c1-10-5-3-4-6-11(10)7-8-16-14(19)13-12(15)9-17-18(13)2/h3-6,9H,7-8,15H2,1-2H3,(H,16,19). The molecule has 1 aromatic carbocycles. The van der Waals surface area contributed by atoms with Gasteiger partial charge in [-0.3, -0.25) is 9.48 Å². The third-order valence-corrected chi connectivity index (χ3v) is 3.12. The molecule has 0 aliphatic heterocycles. The van der Waals surface area contributed by atoms with Crippen LogP contribution in [0.4, 0.5) is 5.69 Å². The zero-order valence-electron chi connectivity index (χ0n) is 11.2. The highest BCUT2D eigenvalue weighted by Crippen LogP contribution is 2.09. The predicted molar refractivity (Wildman–Crippen MR) is 74.8 cm³/mol. The van der Waals surface area contributed by atoms with Gasteiger partial charge in [0.1, 0.15) is 5.69 Å². The van der Waals surface area contributed by atoms with Gasteiger partial charge in [-0.25, -0.2) is 0 Å². The fraction of sp³-hybridized carbons (Fsp3) is 0.286. The Balaban J connectivity index is 1.93. The Morgan fingerprint density at radius 3 is 2.79 bits per heavy atom. The molecule has 2 rings (SSSR count). The number of carbonyl (C=O) groups excluding carboxylic acids is 1. The first-order valence-electron chi connectivity index (χ1n) is 6.19. The Labute approximate surface area is 112 Å². The van der Waals surface area contributed by atoms with Crippen molar-refractivity contribution in [3.63, 3.8) is 0 Å². The quantitative estimate of drug-likeness (QED) is 0.867. The van der Waals surface area contributed by atoms with Gasteiger partial charge in [0.15, 0.2) is 0 Å². The highest BCUT2D eigenvalue weighted by Gasteiger charge is 2.14. The summed E-state index contributed by atoms with van der Waals surface area (Å²) >= 11 is 0. The van der Waals surface area contributed by atoms with Crippen molar-refractivity contribution >= 4 is 11.6 Å². The summed E-state index contributed by atoms with van der Waals surface area (Å²) < 4.78 is 1.48. The van der Waals surface area contributed by atoms with E-state index in [9.17, 15) is 4.79 Å². The van der Waals surface area contributed by atoms with Gasteiger partial charge in [0.05, 0.1) is 11.9 Å². The highest BCUT2D eigenvalue weighted by molar-refractivity contribution is 5.97. The van der Waals surface area contributed by atoms with Crippen LogP contribution in [0.15, 0.2) is 30.5 Å². The molecule has 5 heteroatoms. The molecule has 1 aromatic heterocycles. The molecule has 0 radical (unpaired) electrons. The summed E-state index contributed by atoms with van der Waals surface area (Å²) in [6.07, 6.45) is 2.28. The lowest BCUT2D eigenvalue weighted by Crippen LogP contribution is -2.28. The molecule has 0 saturated heterocycles. The van der Waals surface area contributed by atoms with E-state index in [2.05, 4.69) is 29.5 Å². The molecule has 0 bridgehead atoms. The number of hydrogen-bond donors (Lipinski definition) is 2. The van der Waals surface area contributed by atoms with Crippen LogP contribution in [0.1, 0.15) is 21.6 Å². The number of aryl methyl sites for hydroxylation is 2. The van der Waals surface area contributed by atoms with Gasteiger partial charge in [-0.1, -0.05) is 24.3 Å². The van der Waals surface area contributed by atoms with E-state index in [1.807, 2.05) is 12.1 Å². The van der Waals surface area contributed by atoms with E-state index in [4.69, 9.17) is 5.73 Å². The van der Waals surface area contributed by atoms with Crippen molar-refractivity contribution in [2.24, 2.45) is 7.05 Å². The second-order valence-electron chi connectivity index (χ2n) is 4.50. The normalized spacial score (nSPS) is 10.4. The summed E-state index contributed by atoms with van der Waals surface area (Å²) in [5.74, 6) is -0.189. The SMILES string of the molecule is Cc1ccccc1CCNC(=O)c1c(N)cnn1C. The van der Waals surface area contributed by atoms with E-state index in [0.717, 1.165) is 6.42 Å². The van der Waals surface area contributed by atoms with Gasteiger partial charge in [0.25, 0.3) is 5.91 Å². The molecule has 5 nitrogen and oxygen atoms in total. The summed E-state index contributed by atoms with van der Waals surface area (Å²) in [6, 6.07) is 8.15. The molecular formula is C14H18N4O. The Morgan fingerprint density at radius 1 is 1.42 bits per heavy atom. The maximum atomic E-state index is 12.0. The molecule has 100 valence electrons. The van der Waals surface area contributed by atoms with Crippen LogP contribution in [0.25, 0.3) is 0 Å². The van der Waals surface area contributed by atoms with E-state index in [-0.39, 0.29) is 5.91 Å². The molecule has 0 fully saturated rings. The van der Waals surface area contributed by atoms with Crippen molar-refractivity contribution in [2.45, 2.75) is 13.3 Å². The molecular weight excluding hydrogens is 240 g/mol. The van der Waals surface area contributed by atoms with Gasteiger partial charge >= 0.3 is 0 Å². The number of benzene rings is 1. The Morgan fingerprint density at radius 2 is 2.16 bits per heavy atom. The minimum atomic E-state index is -0.189. The van der Waals surface area contributed by atoms with Gasteiger partial charge in [0, 0.05) is 13.6 Å². The number of nitrogens with two attached hydrogens (primary N) is 1. The number of aromatic nitrogens is 2. The summed E-state index contributed by atoms with van der Waals surface area (Å²) in [5, 5.41) is 6.81. The molecule has 1 heterocycles.